The molecule has 1 aromatic carbocycles. The summed E-state index contributed by atoms with van der Waals surface area (Å²) < 4.78 is 5.08. The number of ether oxygens (including phenoxy) is 1. The van der Waals surface area contributed by atoms with Gasteiger partial charge in [0.1, 0.15) is 5.75 Å². The van der Waals surface area contributed by atoms with E-state index in [2.05, 4.69) is 12.2 Å². The van der Waals surface area contributed by atoms with Crippen LogP contribution in [0.2, 0.25) is 0 Å². The van der Waals surface area contributed by atoms with Crippen LogP contribution in [0.1, 0.15) is 25.8 Å². The van der Waals surface area contributed by atoms with Gasteiger partial charge >= 0.3 is 0 Å². The lowest BCUT2D eigenvalue weighted by Crippen LogP contribution is -2.35. The van der Waals surface area contributed by atoms with Crippen LogP contribution in [0.15, 0.2) is 24.3 Å². The first-order valence-electron chi connectivity index (χ1n) is 5.68. The minimum absolute atomic E-state index is 0.563. The average Bonchev–Trinajstić information content (AvgIpc) is 2.29. The molecular formula is C13H21NO2. The van der Waals surface area contributed by atoms with E-state index in [1.165, 1.54) is 0 Å². The molecule has 0 saturated carbocycles. The van der Waals surface area contributed by atoms with Gasteiger partial charge in [0.05, 0.1) is 12.7 Å². The van der Waals surface area contributed by atoms with Crippen LogP contribution in [-0.2, 0) is 5.60 Å². The van der Waals surface area contributed by atoms with E-state index >= 15 is 0 Å². The molecule has 1 rings (SSSR count). The highest BCUT2D eigenvalue weighted by molar-refractivity contribution is 5.30. The summed E-state index contributed by atoms with van der Waals surface area (Å²) in [6, 6.07) is 7.52. The van der Waals surface area contributed by atoms with E-state index in [1.807, 2.05) is 31.2 Å². The molecule has 0 saturated heterocycles. The molecule has 0 amide bonds. The molecule has 1 unspecified atom stereocenters. The first-order chi connectivity index (χ1) is 7.60. The Hall–Kier alpha value is -1.06. The summed E-state index contributed by atoms with van der Waals surface area (Å²) in [6.07, 6.45) is 1.07. The molecule has 0 fully saturated rings. The molecule has 0 aromatic heterocycles. The average molecular weight is 223 g/mol. The Bertz CT molecular complexity index is 306. The second-order valence-corrected chi connectivity index (χ2v) is 4.18. The van der Waals surface area contributed by atoms with Gasteiger partial charge < -0.3 is 15.2 Å². The quantitative estimate of drug-likeness (QED) is 0.724. The van der Waals surface area contributed by atoms with Crippen molar-refractivity contribution in [2.75, 3.05) is 20.2 Å². The lowest BCUT2D eigenvalue weighted by molar-refractivity contribution is 0.0572. The van der Waals surface area contributed by atoms with E-state index in [0.29, 0.717) is 6.54 Å². The fourth-order valence-electron chi connectivity index (χ4n) is 1.56. The molecule has 0 aliphatic rings. The highest BCUT2D eigenvalue weighted by Gasteiger charge is 2.22. The Kier molecular flexibility index (Phi) is 4.77. The number of hydrogen-bond acceptors (Lipinski definition) is 3. The Balaban J connectivity index is 2.65. The summed E-state index contributed by atoms with van der Waals surface area (Å²) in [5.74, 6) is 0.807. The van der Waals surface area contributed by atoms with Crippen molar-refractivity contribution in [3.8, 4) is 5.75 Å². The van der Waals surface area contributed by atoms with Gasteiger partial charge in [-0.25, -0.2) is 0 Å². The minimum Gasteiger partial charge on any atom is -0.497 e. The smallest absolute Gasteiger partial charge is 0.118 e. The van der Waals surface area contributed by atoms with Crippen molar-refractivity contribution in [2.45, 2.75) is 25.9 Å². The summed E-state index contributed by atoms with van der Waals surface area (Å²) in [6.45, 7) is 5.41. The van der Waals surface area contributed by atoms with Crippen molar-refractivity contribution in [3.63, 3.8) is 0 Å². The number of nitrogens with one attached hydrogen (secondary N) is 1. The van der Waals surface area contributed by atoms with Crippen molar-refractivity contribution >= 4 is 0 Å². The van der Waals surface area contributed by atoms with Crippen LogP contribution in [0.4, 0.5) is 0 Å². The molecule has 0 spiro atoms. The monoisotopic (exact) mass is 223 g/mol. The molecule has 3 nitrogen and oxygen atoms in total. The summed E-state index contributed by atoms with van der Waals surface area (Å²) in [7, 11) is 1.63. The lowest BCUT2D eigenvalue weighted by atomic mass is 9.96. The van der Waals surface area contributed by atoms with E-state index in [0.717, 1.165) is 24.3 Å². The maximum absolute atomic E-state index is 10.3. The minimum atomic E-state index is -0.832. The van der Waals surface area contributed by atoms with Crippen LogP contribution in [0, 0.1) is 0 Å². The molecule has 2 N–H and O–H groups in total. The van der Waals surface area contributed by atoms with E-state index < -0.39 is 5.60 Å². The topological polar surface area (TPSA) is 41.5 Å². The number of methoxy groups -OCH3 is 1. The molecule has 90 valence electrons. The van der Waals surface area contributed by atoms with E-state index in [1.54, 1.807) is 7.11 Å². The van der Waals surface area contributed by atoms with Gasteiger partial charge in [0.15, 0.2) is 0 Å². The highest BCUT2D eigenvalue weighted by Crippen LogP contribution is 2.22. The molecule has 1 atom stereocenters. The molecule has 0 radical (unpaired) electrons. The number of aliphatic hydroxyl groups is 1. The second kappa shape index (κ2) is 5.87. The maximum Gasteiger partial charge on any atom is 0.118 e. The third-order valence-electron chi connectivity index (χ3n) is 2.61. The fourth-order valence-corrected chi connectivity index (χ4v) is 1.56. The summed E-state index contributed by atoms with van der Waals surface area (Å²) in [5.41, 5.74) is 0.0680. The Morgan fingerprint density at radius 2 is 1.94 bits per heavy atom. The summed E-state index contributed by atoms with van der Waals surface area (Å²) >= 11 is 0. The number of benzene rings is 1. The van der Waals surface area contributed by atoms with Gasteiger partial charge in [-0.1, -0.05) is 19.1 Å². The van der Waals surface area contributed by atoms with Crippen molar-refractivity contribution < 1.29 is 9.84 Å². The Labute approximate surface area is 97.4 Å². The van der Waals surface area contributed by atoms with E-state index in [9.17, 15) is 5.11 Å². The molecule has 3 heteroatoms. The zero-order valence-corrected chi connectivity index (χ0v) is 10.3. The van der Waals surface area contributed by atoms with Gasteiger partial charge in [-0.3, -0.25) is 0 Å². The van der Waals surface area contributed by atoms with Crippen molar-refractivity contribution in [1.82, 2.24) is 5.32 Å². The zero-order valence-electron chi connectivity index (χ0n) is 10.3. The van der Waals surface area contributed by atoms with Crippen molar-refractivity contribution in [2.24, 2.45) is 0 Å². The SMILES string of the molecule is CCCNCC(C)(O)c1ccc(OC)cc1. The third kappa shape index (κ3) is 3.51. The molecule has 0 heterocycles. The van der Waals surface area contributed by atoms with Crippen LogP contribution >= 0.6 is 0 Å². The molecule has 0 bridgehead atoms. The Morgan fingerprint density at radius 1 is 1.31 bits per heavy atom. The van der Waals surface area contributed by atoms with E-state index in [4.69, 9.17) is 4.74 Å². The van der Waals surface area contributed by atoms with Crippen LogP contribution in [0.5, 0.6) is 5.75 Å². The normalized spacial score (nSPS) is 14.5. The third-order valence-corrected chi connectivity index (χ3v) is 2.61. The molecule has 0 aliphatic carbocycles. The molecule has 16 heavy (non-hydrogen) atoms. The highest BCUT2D eigenvalue weighted by atomic mass is 16.5. The van der Waals surface area contributed by atoms with Crippen molar-refractivity contribution in [3.05, 3.63) is 29.8 Å². The van der Waals surface area contributed by atoms with Gasteiger partial charge in [0, 0.05) is 6.54 Å². The number of rotatable bonds is 6. The summed E-state index contributed by atoms with van der Waals surface area (Å²) in [4.78, 5) is 0. The second-order valence-electron chi connectivity index (χ2n) is 4.18. The van der Waals surface area contributed by atoms with Gasteiger partial charge in [-0.15, -0.1) is 0 Å². The predicted molar refractivity (Wildman–Crippen MR) is 65.7 cm³/mol. The molecule has 0 aliphatic heterocycles. The standard InChI is InChI=1S/C13H21NO2/c1-4-9-14-10-13(2,15)11-5-7-12(16-3)8-6-11/h5-8,14-15H,4,9-10H2,1-3H3. The van der Waals surface area contributed by atoms with Crippen LogP contribution in [0.25, 0.3) is 0 Å². The van der Waals surface area contributed by atoms with Crippen LogP contribution in [-0.4, -0.2) is 25.3 Å². The molecule has 1 aromatic rings. The lowest BCUT2D eigenvalue weighted by Gasteiger charge is -2.24. The van der Waals surface area contributed by atoms with Crippen molar-refractivity contribution in [1.29, 1.82) is 0 Å². The number of hydrogen-bond donors (Lipinski definition) is 2. The first kappa shape index (κ1) is 13.0. The van der Waals surface area contributed by atoms with Crippen LogP contribution < -0.4 is 10.1 Å². The van der Waals surface area contributed by atoms with Gasteiger partial charge in [-0.05, 0) is 37.6 Å². The van der Waals surface area contributed by atoms with Gasteiger partial charge in [-0.2, -0.15) is 0 Å². The zero-order chi connectivity index (χ0) is 12.0. The maximum atomic E-state index is 10.3. The van der Waals surface area contributed by atoms with E-state index in [-0.39, 0.29) is 0 Å². The Morgan fingerprint density at radius 3 is 2.44 bits per heavy atom. The largest absolute Gasteiger partial charge is 0.497 e. The summed E-state index contributed by atoms with van der Waals surface area (Å²) in [5, 5.41) is 13.5. The van der Waals surface area contributed by atoms with Gasteiger partial charge in [0.25, 0.3) is 0 Å². The predicted octanol–water partition coefficient (Wildman–Crippen LogP) is 1.90. The fraction of sp³-hybridized carbons (Fsp3) is 0.538. The molecular weight excluding hydrogens is 202 g/mol. The van der Waals surface area contributed by atoms with Gasteiger partial charge in [0.2, 0.25) is 0 Å². The first-order valence-corrected chi connectivity index (χ1v) is 5.68. The van der Waals surface area contributed by atoms with Crippen LogP contribution in [0.3, 0.4) is 0 Å².